The van der Waals surface area contributed by atoms with Crippen molar-refractivity contribution in [1.82, 2.24) is 0 Å². The lowest BCUT2D eigenvalue weighted by Gasteiger charge is -2.07. The number of benzene rings is 2. The standard InChI is InChI=1S/C13H14O/c1-9-4-5-12-11(6-9)7-10(2)8-13(12)14-3/h4-8H,1-3H3. The molecule has 0 N–H and O–H groups in total. The van der Waals surface area contributed by atoms with Crippen LogP contribution in [0.4, 0.5) is 0 Å². The number of methoxy groups -OCH3 is 1. The maximum Gasteiger partial charge on any atom is 0.126 e. The van der Waals surface area contributed by atoms with E-state index < -0.39 is 0 Å². The molecule has 72 valence electrons. The second kappa shape index (κ2) is 3.33. The summed E-state index contributed by atoms with van der Waals surface area (Å²) in [5.74, 6) is 0.958. The molecule has 0 amide bonds. The molecule has 1 heteroatoms. The van der Waals surface area contributed by atoms with Gasteiger partial charge in [0, 0.05) is 5.39 Å². The van der Waals surface area contributed by atoms with E-state index in [1.165, 1.54) is 21.9 Å². The topological polar surface area (TPSA) is 9.23 Å². The summed E-state index contributed by atoms with van der Waals surface area (Å²) >= 11 is 0. The highest BCUT2D eigenvalue weighted by molar-refractivity contribution is 5.89. The van der Waals surface area contributed by atoms with E-state index in [2.05, 4.69) is 44.2 Å². The Morgan fingerprint density at radius 3 is 2.36 bits per heavy atom. The fourth-order valence-corrected chi connectivity index (χ4v) is 1.77. The van der Waals surface area contributed by atoms with E-state index in [-0.39, 0.29) is 0 Å². The van der Waals surface area contributed by atoms with Gasteiger partial charge in [0.1, 0.15) is 5.75 Å². The monoisotopic (exact) mass is 186 g/mol. The van der Waals surface area contributed by atoms with Gasteiger partial charge in [-0.25, -0.2) is 0 Å². The second-order valence-corrected chi connectivity index (χ2v) is 3.69. The molecule has 0 unspecified atom stereocenters. The van der Waals surface area contributed by atoms with Gasteiger partial charge in [0.2, 0.25) is 0 Å². The van der Waals surface area contributed by atoms with Gasteiger partial charge >= 0.3 is 0 Å². The van der Waals surface area contributed by atoms with Crippen LogP contribution in [0.25, 0.3) is 10.8 Å². The Morgan fingerprint density at radius 1 is 0.929 bits per heavy atom. The molecule has 0 aliphatic heterocycles. The van der Waals surface area contributed by atoms with Crippen molar-refractivity contribution in [2.45, 2.75) is 13.8 Å². The Bertz CT molecular complexity index is 467. The van der Waals surface area contributed by atoms with E-state index in [0.717, 1.165) is 5.75 Å². The summed E-state index contributed by atoms with van der Waals surface area (Å²) in [6, 6.07) is 10.7. The van der Waals surface area contributed by atoms with Crippen molar-refractivity contribution in [1.29, 1.82) is 0 Å². The van der Waals surface area contributed by atoms with E-state index in [1.807, 2.05) is 0 Å². The van der Waals surface area contributed by atoms with Gasteiger partial charge in [0.25, 0.3) is 0 Å². The molecule has 0 spiro atoms. The van der Waals surface area contributed by atoms with Crippen LogP contribution in [0.15, 0.2) is 30.3 Å². The van der Waals surface area contributed by atoms with Gasteiger partial charge in [-0.2, -0.15) is 0 Å². The van der Waals surface area contributed by atoms with Gasteiger partial charge < -0.3 is 4.74 Å². The van der Waals surface area contributed by atoms with Crippen LogP contribution in [-0.2, 0) is 0 Å². The molecule has 2 rings (SSSR count). The molecule has 0 saturated heterocycles. The predicted octanol–water partition coefficient (Wildman–Crippen LogP) is 3.47. The first kappa shape index (κ1) is 9.07. The number of hydrogen-bond acceptors (Lipinski definition) is 1. The minimum atomic E-state index is 0.958. The molecule has 0 aliphatic rings. The number of hydrogen-bond donors (Lipinski definition) is 0. The van der Waals surface area contributed by atoms with Crippen LogP contribution in [0.3, 0.4) is 0 Å². The first-order chi connectivity index (χ1) is 6.70. The van der Waals surface area contributed by atoms with Crippen molar-refractivity contribution in [3.63, 3.8) is 0 Å². The third-order valence-corrected chi connectivity index (χ3v) is 2.43. The normalized spacial score (nSPS) is 10.5. The SMILES string of the molecule is COc1cc(C)cc2cc(C)ccc12. The van der Waals surface area contributed by atoms with Gasteiger partial charge in [-0.15, -0.1) is 0 Å². The van der Waals surface area contributed by atoms with E-state index in [1.54, 1.807) is 7.11 Å². The highest BCUT2D eigenvalue weighted by Gasteiger charge is 2.02. The lowest BCUT2D eigenvalue weighted by atomic mass is 10.0. The van der Waals surface area contributed by atoms with Crippen LogP contribution in [0.5, 0.6) is 5.75 Å². The minimum absolute atomic E-state index is 0.958. The van der Waals surface area contributed by atoms with Gasteiger partial charge in [0.05, 0.1) is 7.11 Å². The molecular weight excluding hydrogens is 172 g/mol. The lowest BCUT2D eigenvalue weighted by molar-refractivity contribution is 0.419. The number of fused-ring (bicyclic) bond motifs is 1. The summed E-state index contributed by atoms with van der Waals surface area (Å²) in [6.45, 7) is 4.19. The summed E-state index contributed by atoms with van der Waals surface area (Å²) in [6.07, 6.45) is 0. The highest BCUT2D eigenvalue weighted by Crippen LogP contribution is 2.27. The third kappa shape index (κ3) is 1.46. The average molecular weight is 186 g/mol. The van der Waals surface area contributed by atoms with E-state index in [9.17, 15) is 0 Å². The summed E-state index contributed by atoms with van der Waals surface area (Å²) in [5, 5.41) is 2.44. The molecule has 0 fully saturated rings. The Morgan fingerprint density at radius 2 is 1.64 bits per heavy atom. The van der Waals surface area contributed by atoms with Gasteiger partial charge in [0.15, 0.2) is 0 Å². The lowest BCUT2D eigenvalue weighted by Crippen LogP contribution is -1.86. The van der Waals surface area contributed by atoms with Crippen LogP contribution in [0.2, 0.25) is 0 Å². The zero-order valence-corrected chi connectivity index (χ0v) is 8.79. The smallest absolute Gasteiger partial charge is 0.126 e. The first-order valence-corrected chi connectivity index (χ1v) is 4.76. The Labute approximate surface area is 84.3 Å². The Balaban J connectivity index is 2.81. The molecule has 0 bridgehead atoms. The molecule has 0 heterocycles. The molecular formula is C13H14O. The van der Waals surface area contributed by atoms with Crippen LogP contribution in [-0.4, -0.2) is 7.11 Å². The highest BCUT2D eigenvalue weighted by atomic mass is 16.5. The summed E-state index contributed by atoms with van der Waals surface area (Å²) in [4.78, 5) is 0. The van der Waals surface area contributed by atoms with Crippen molar-refractivity contribution in [3.05, 3.63) is 41.5 Å². The van der Waals surface area contributed by atoms with Crippen molar-refractivity contribution in [2.24, 2.45) is 0 Å². The van der Waals surface area contributed by atoms with Crippen molar-refractivity contribution < 1.29 is 4.74 Å². The molecule has 0 radical (unpaired) electrons. The maximum atomic E-state index is 5.35. The number of rotatable bonds is 1. The first-order valence-electron chi connectivity index (χ1n) is 4.76. The molecule has 14 heavy (non-hydrogen) atoms. The van der Waals surface area contributed by atoms with Crippen molar-refractivity contribution in [3.8, 4) is 5.75 Å². The van der Waals surface area contributed by atoms with E-state index in [0.29, 0.717) is 0 Å². The minimum Gasteiger partial charge on any atom is -0.496 e. The fourth-order valence-electron chi connectivity index (χ4n) is 1.77. The number of ether oxygens (including phenoxy) is 1. The summed E-state index contributed by atoms with van der Waals surface area (Å²) in [5.41, 5.74) is 2.52. The molecule has 2 aromatic rings. The van der Waals surface area contributed by atoms with E-state index in [4.69, 9.17) is 4.74 Å². The van der Waals surface area contributed by atoms with Gasteiger partial charge in [-0.1, -0.05) is 29.8 Å². The molecule has 2 aromatic carbocycles. The second-order valence-electron chi connectivity index (χ2n) is 3.69. The largest absolute Gasteiger partial charge is 0.496 e. The zero-order valence-electron chi connectivity index (χ0n) is 8.79. The molecule has 0 atom stereocenters. The Hall–Kier alpha value is -1.50. The zero-order chi connectivity index (χ0) is 10.1. The van der Waals surface area contributed by atoms with Crippen molar-refractivity contribution in [2.75, 3.05) is 7.11 Å². The third-order valence-electron chi connectivity index (χ3n) is 2.43. The van der Waals surface area contributed by atoms with Gasteiger partial charge in [-0.3, -0.25) is 0 Å². The average Bonchev–Trinajstić information content (AvgIpc) is 2.15. The van der Waals surface area contributed by atoms with Gasteiger partial charge in [-0.05, 0) is 30.9 Å². The molecule has 0 aliphatic carbocycles. The fraction of sp³-hybridized carbons (Fsp3) is 0.231. The summed E-state index contributed by atoms with van der Waals surface area (Å²) in [7, 11) is 1.72. The Kier molecular flexibility index (Phi) is 2.16. The molecule has 0 aromatic heterocycles. The number of aryl methyl sites for hydroxylation is 2. The van der Waals surface area contributed by atoms with Crippen molar-refractivity contribution >= 4 is 10.8 Å². The summed E-state index contributed by atoms with van der Waals surface area (Å²) < 4.78 is 5.35. The van der Waals surface area contributed by atoms with Crippen LogP contribution >= 0.6 is 0 Å². The molecule has 0 saturated carbocycles. The maximum absolute atomic E-state index is 5.35. The quantitative estimate of drug-likeness (QED) is 0.662. The van der Waals surface area contributed by atoms with Crippen LogP contribution < -0.4 is 4.74 Å². The predicted molar refractivity (Wildman–Crippen MR) is 60.0 cm³/mol. The molecule has 1 nitrogen and oxygen atoms in total. The van der Waals surface area contributed by atoms with Crippen LogP contribution in [0.1, 0.15) is 11.1 Å². The van der Waals surface area contributed by atoms with E-state index >= 15 is 0 Å². The van der Waals surface area contributed by atoms with Crippen LogP contribution in [0, 0.1) is 13.8 Å².